The molecule has 1 N–H and O–H groups in total. The van der Waals surface area contributed by atoms with Crippen LogP contribution in [0.2, 0.25) is 0 Å². The predicted octanol–water partition coefficient (Wildman–Crippen LogP) is 5.89. The van der Waals surface area contributed by atoms with Crippen LogP contribution in [0.3, 0.4) is 0 Å². The number of benzene rings is 2. The fourth-order valence-electron chi connectivity index (χ4n) is 3.49. The van der Waals surface area contributed by atoms with Gasteiger partial charge in [-0.2, -0.15) is 0 Å². The number of nitrogens with one attached hydrogen (secondary N) is 1. The zero-order valence-corrected chi connectivity index (χ0v) is 18.5. The first kappa shape index (κ1) is 20.7. The summed E-state index contributed by atoms with van der Waals surface area (Å²) in [6.07, 6.45) is 3.83. The van der Waals surface area contributed by atoms with Gasteiger partial charge in [0.05, 0.1) is 0 Å². The molecule has 1 heterocycles. The molecule has 5 heteroatoms. The van der Waals surface area contributed by atoms with E-state index < -0.39 is 0 Å². The number of rotatable bonds is 6. The molecule has 4 nitrogen and oxygen atoms in total. The second-order valence-corrected chi connectivity index (χ2v) is 8.58. The summed E-state index contributed by atoms with van der Waals surface area (Å²) in [7, 11) is 0. The number of hydrogen-bond donors (Lipinski definition) is 1. The normalized spacial score (nSPS) is 14.2. The van der Waals surface area contributed by atoms with E-state index in [0.29, 0.717) is 5.92 Å². The highest BCUT2D eigenvalue weighted by Crippen LogP contribution is 2.32. The summed E-state index contributed by atoms with van der Waals surface area (Å²) in [6, 6.07) is 12.1. The SMILES string of the molecule is Cc1cc(OCC(=O)Nc2ccc(N3CCCCC3)cc2)c(C(C)C)cc1Br. The van der Waals surface area contributed by atoms with Crippen LogP contribution < -0.4 is 15.0 Å². The van der Waals surface area contributed by atoms with Gasteiger partial charge in [-0.25, -0.2) is 0 Å². The summed E-state index contributed by atoms with van der Waals surface area (Å²) >= 11 is 3.57. The summed E-state index contributed by atoms with van der Waals surface area (Å²) in [5.74, 6) is 0.935. The van der Waals surface area contributed by atoms with Gasteiger partial charge in [0.15, 0.2) is 6.61 Å². The molecule has 0 saturated carbocycles. The van der Waals surface area contributed by atoms with Gasteiger partial charge < -0.3 is 15.0 Å². The molecular weight excluding hydrogens is 416 g/mol. The summed E-state index contributed by atoms with van der Waals surface area (Å²) in [6.45, 7) is 8.48. The van der Waals surface area contributed by atoms with Crippen LogP contribution in [0.15, 0.2) is 40.9 Å². The van der Waals surface area contributed by atoms with Crippen LogP contribution in [0, 0.1) is 6.92 Å². The Kier molecular flexibility index (Phi) is 7.00. The zero-order valence-electron chi connectivity index (χ0n) is 16.9. The lowest BCUT2D eigenvalue weighted by atomic mass is 10.0. The van der Waals surface area contributed by atoms with E-state index >= 15 is 0 Å². The molecule has 1 aliphatic rings. The zero-order chi connectivity index (χ0) is 20.1. The van der Waals surface area contributed by atoms with E-state index in [2.05, 4.69) is 58.2 Å². The van der Waals surface area contributed by atoms with Crippen LogP contribution in [0.1, 0.15) is 50.2 Å². The Hall–Kier alpha value is -2.01. The van der Waals surface area contributed by atoms with Gasteiger partial charge in [-0.05, 0) is 79.6 Å². The van der Waals surface area contributed by atoms with Gasteiger partial charge in [0.2, 0.25) is 0 Å². The van der Waals surface area contributed by atoms with Gasteiger partial charge in [0.1, 0.15) is 5.75 Å². The lowest BCUT2D eigenvalue weighted by Crippen LogP contribution is -2.29. The topological polar surface area (TPSA) is 41.6 Å². The van der Waals surface area contributed by atoms with Crippen molar-refractivity contribution in [3.8, 4) is 5.75 Å². The van der Waals surface area contributed by atoms with Crippen molar-refractivity contribution >= 4 is 33.2 Å². The molecule has 0 unspecified atom stereocenters. The van der Waals surface area contributed by atoms with Crippen molar-refractivity contribution in [3.05, 3.63) is 52.0 Å². The monoisotopic (exact) mass is 444 g/mol. The molecule has 28 heavy (non-hydrogen) atoms. The van der Waals surface area contributed by atoms with Crippen LogP contribution >= 0.6 is 15.9 Å². The number of hydrogen-bond acceptors (Lipinski definition) is 3. The number of aryl methyl sites for hydroxylation is 1. The van der Waals surface area contributed by atoms with E-state index in [4.69, 9.17) is 4.74 Å². The van der Waals surface area contributed by atoms with Crippen molar-refractivity contribution in [2.75, 3.05) is 29.9 Å². The van der Waals surface area contributed by atoms with Crippen LogP contribution in [0.4, 0.5) is 11.4 Å². The summed E-state index contributed by atoms with van der Waals surface area (Å²) < 4.78 is 6.90. The molecule has 0 aromatic heterocycles. The number of carbonyl (C=O) groups is 1. The summed E-state index contributed by atoms with van der Waals surface area (Å²) in [5, 5.41) is 2.93. The maximum Gasteiger partial charge on any atom is 0.262 e. The van der Waals surface area contributed by atoms with Crippen molar-refractivity contribution in [2.45, 2.75) is 46.0 Å². The van der Waals surface area contributed by atoms with E-state index in [9.17, 15) is 4.79 Å². The number of halogens is 1. The highest BCUT2D eigenvalue weighted by molar-refractivity contribution is 9.10. The fourth-order valence-corrected chi connectivity index (χ4v) is 3.86. The van der Waals surface area contributed by atoms with Crippen LogP contribution in [-0.2, 0) is 4.79 Å². The number of amides is 1. The van der Waals surface area contributed by atoms with E-state index in [1.807, 2.05) is 25.1 Å². The van der Waals surface area contributed by atoms with Crippen molar-refractivity contribution in [1.82, 2.24) is 0 Å². The van der Waals surface area contributed by atoms with Gasteiger partial charge in [0.25, 0.3) is 5.91 Å². The Balaban J connectivity index is 1.58. The molecule has 150 valence electrons. The highest BCUT2D eigenvalue weighted by Gasteiger charge is 2.14. The predicted molar refractivity (Wildman–Crippen MR) is 120 cm³/mol. The number of anilines is 2. The van der Waals surface area contributed by atoms with Gasteiger partial charge >= 0.3 is 0 Å². The van der Waals surface area contributed by atoms with Crippen molar-refractivity contribution in [1.29, 1.82) is 0 Å². The molecule has 3 rings (SSSR count). The fraction of sp³-hybridized carbons (Fsp3) is 0.435. The maximum atomic E-state index is 12.3. The van der Waals surface area contributed by atoms with E-state index in [1.165, 1.54) is 24.9 Å². The maximum absolute atomic E-state index is 12.3. The molecule has 2 aromatic rings. The van der Waals surface area contributed by atoms with Crippen LogP contribution in [0.25, 0.3) is 0 Å². The van der Waals surface area contributed by atoms with Crippen LogP contribution in [0.5, 0.6) is 5.75 Å². The minimum absolute atomic E-state index is 0.00529. The van der Waals surface area contributed by atoms with E-state index in [0.717, 1.165) is 40.1 Å². The van der Waals surface area contributed by atoms with Crippen molar-refractivity contribution in [2.24, 2.45) is 0 Å². The van der Waals surface area contributed by atoms with Crippen molar-refractivity contribution in [3.63, 3.8) is 0 Å². The molecule has 0 bridgehead atoms. The number of piperidine rings is 1. The standard InChI is InChI=1S/C23H29BrN2O2/c1-16(2)20-14-21(24)17(3)13-22(20)28-15-23(27)25-18-7-9-19(10-8-18)26-11-5-4-6-12-26/h7-10,13-14,16H,4-6,11-12,15H2,1-3H3,(H,25,27). The van der Waals surface area contributed by atoms with Gasteiger partial charge in [-0.1, -0.05) is 29.8 Å². The lowest BCUT2D eigenvalue weighted by molar-refractivity contribution is -0.118. The smallest absolute Gasteiger partial charge is 0.262 e. The van der Waals surface area contributed by atoms with Crippen LogP contribution in [-0.4, -0.2) is 25.6 Å². The molecule has 2 aromatic carbocycles. The molecule has 0 radical (unpaired) electrons. The van der Waals surface area contributed by atoms with Crippen molar-refractivity contribution < 1.29 is 9.53 Å². The Morgan fingerprint density at radius 3 is 2.46 bits per heavy atom. The third-order valence-corrected chi connectivity index (χ3v) is 6.00. The largest absolute Gasteiger partial charge is 0.483 e. The minimum atomic E-state index is -0.152. The Morgan fingerprint density at radius 2 is 1.82 bits per heavy atom. The lowest BCUT2D eigenvalue weighted by Gasteiger charge is -2.28. The molecule has 1 aliphatic heterocycles. The van der Waals surface area contributed by atoms with Gasteiger partial charge in [-0.15, -0.1) is 0 Å². The average molecular weight is 445 g/mol. The van der Waals surface area contributed by atoms with Gasteiger partial charge in [0, 0.05) is 28.9 Å². The Morgan fingerprint density at radius 1 is 1.14 bits per heavy atom. The molecule has 1 saturated heterocycles. The molecule has 1 fully saturated rings. The van der Waals surface area contributed by atoms with E-state index in [1.54, 1.807) is 0 Å². The Labute approximate surface area is 176 Å². The molecule has 0 atom stereocenters. The first-order chi connectivity index (χ1) is 13.4. The Bertz CT molecular complexity index is 812. The summed E-state index contributed by atoms with van der Waals surface area (Å²) in [4.78, 5) is 14.8. The molecule has 0 spiro atoms. The summed E-state index contributed by atoms with van der Waals surface area (Å²) in [5.41, 5.74) is 4.20. The third kappa shape index (κ3) is 5.28. The average Bonchev–Trinajstić information content (AvgIpc) is 2.69. The first-order valence-corrected chi connectivity index (χ1v) is 10.8. The molecule has 0 aliphatic carbocycles. The molecule has 1 amide bonds. The number of carbonyl (C=O) groups excluding carboxylic acids is 1. The van der Waals surface area contributed by atoms with Gasteiger partial charge in [-0.3, -0.25) is 4.79 Å². The second kappa shape index (κ2) is 9.46. The van der Waals surface area contributed by atoms with E-state index in [-0.39, 0.29) is 12.5 Å². The molecular formula is C23H29BrN2O2. The number of nitrogens with zero attached hydrogens (tertiary/aromatic N) is 1. The quantitative estimate of drug-likeness (QED) is 0.603. The second-order valence-electron chi connectivity index (χ2n) is 7.73. The third-order valence-electron chi connectivity index (χ3n) is 5.14. The highest BCUT2D eigenvalue weighted by atomic mass is 79.9. The number of ether oxygens (including phenoxy) is 1. The first-order valence-electron chi connectivity index (χ1n) is 10.0. The minimum Gasteiger partial charge on any atom is -0.483 e.